The second-order valence-corrected chi connectivity index (χ2v) is 13.6. The van der Waals surface area contributed by atoms with E-state index in [4.69, 9.17) is 26.2 Å². The summed E-state index contributed by atoms with van der Waals surface area (Å²) in [6.07, 6.45) is 1.95. The maximum Gasteiger partial charge on any atom is 0.242 e. The number of rotatable bonds is 4. The lowest BCUT2D eigenvalue weighted by molar-refractivity contribution is -0.132. The van der Waals surface area contributed by atoms with Crippen LogP contribution in [0.15, 0.2) is 42.5 Å². The molecule has 3 aliphatic heterocycles. The molecule has 41 heavy (non-hydrogen) atoms. The minimum Gasteiger partial charge on any atom is -0.454 e. The van der Waals surface area contributed by atoms with Crippen molar-refractivity contribution in [3.8, 4) is 17.2 Å². The van der Waals surface area contributed by atoms with Crippen LogP contribution < -0.4 is 14.4 Å². The topological polar surface area (TPSA) is 76.9 Å². The zero-order chi connectivity index (χ0) is 28.9. The van der Waals surface area contributed by atoms with Crippen LogP contribution in [0.3, 0.4) is 0 Å². The first kappa shape index (κ1) is 28.0. The number of piperidine rings is 1. The summed E-state index contributed by atoms with van der Waals surface area (Å²) in [6.45, 7) is 10.2. The number of fused-ring (bicyclic) bond motifs is 2. The second kappa shape index (κ2) is 10.9. The number of nitrogens with zero attached hydrogens (tertiary/aromatic N) is 4. The number of likely N-dealkylation sites (tertiary alicyclic amines) is 1. The van der Waals surface area contributed by atoms with E-state index in [9.17, 15) is 9.59 Å². The predicted molar refractivity (Wildman–Crippen MR) is 161 cm³/mol. The fourth-order valence-electron chi connectivity index (χ4n) is 5.69. The minimum absolute atomic E-state index is 0.0372. The monoisotopic (exact) mass is 594 g/mol. The van der Waals surface area contributed by atoms with Crippen LogP contribution >= 0.6 is 23.4 Å². The minimum atomic E-state index is -0.352. The second-order valence-electron chi connectivity index (χ2n) is 12.1. The lowest BCUT2D eigenvalue weighted by Gasteiger charge is -2.32. The van der Waals surface area contributed by atoms with Gasteiger partial charge in [-0.05, 0) is 54.7 Å². The van der Waals surface area contributed by atoms with Gasteiger partial charge in [-0.15, -0.1) is 11.8 Å². The average molecular weight is 595 g/mol. The number of carbonyl (C=O) groups is 2. The Bertz CT molecular complexity index is 1490. The first-order chi connectivity index (χ1) is 19.6. The first-order valence-corrected chi connectivity index (χ1v) is 15.5. The van der Waals surface area contributed by atoms with Gasteiger partial charge in [-0.2, -0.15) is 5.10 Å². The van der Waals surface area contributed by atoms with Crippen LogP contribution in [0.2, 0.25) is 5.02 Å². The molecule has 216 valence electrons. The number of carbonyl (C=O) groups excluding carboxylic acids is 2. The van der Waals surface area contributed by atoms with Gasteiger partial charge in [0.15, 0.2) is 11.5 Å². The Morgan fingerprint density at radius 3 is 2.59 bits per heavy atom. The summed E-state index contributed by atoms with van der Waals surface area (Å²) in [5, 5.41) is 5.49. The molecule has 2 amide bonds. The molecular weight excluding hydrogens is 560 g/mol. The van der Waals surface area contributed by atoms with Gasteiger partial charge in [0, 0.05) is 29.1 Å². The Morgan fingerprint density at radius 2 is 1.85 bits per heavy atom. The van der Waals surface area contributed by atoms with Crippen molar-refractivity contribution >= 4 is 41.0 Å². The summed E-state index contributed by atoms with van der Waals surface area (Å²) < 4.78 is 13.1. The molecule has 1 aromatic heterocycles. The van der Waals surface area contributed by atoms with E-state index >= 15 is 0 Å². The van der Waals surface area contributed by atoms with Crippen molar-refractivity contribution < 1.29 is 19.1 Å². The maximum atomic E-state index is 13.9. The fraction of sp³-hybridized carbons (Fsp3) is 0.452. The van der Waals surface area contributed by atoms with Crippen LogP contribution in [-0.2, 0) is 15.0 Å². The van der Waals surface area contributed by atoms with Crippen molar-refractivity contribution in [1.82, 2.24) is 14.7 Å². The SMILES string of the molecule is CC1CCN(C(=O)CN2C(=O)CSC(c3ccc4c(c3)OCO4)c3c(C(C)(C)C)nn(-c4cccc(Cl)c4)c32)CC1. The number of thioether (sulfide) groups is 1. The number of amides is 2. The molecule has 8 nitrogen and oxygen atoms in total. The molecule has 6 rings (SSSR count). The molecule has 3 aliphatic rings. The van der Waals surface area contributed by atoms with Gasteiger partial charge < -0.3 is 14.4 Å². The average Bonchev–Trinajstić information content (AvgIpc) is 3.54. The molecule has 1 saturated heterocycles. The highest BCUT2D eigenvalue weighted by Crippen LogP contribution is 2.50. The molecule has 10 heteroatoms. The molecule has 0 radical (unpaired) electrons. The van der Waals surface area contributed by atoms with E-state index in [1.54, 1.807) is 21.3 Å². The summed E-state index contributed by atoms with van der Waals surface area (Å²) in [6, 6.07) is 13.4. The summed E-state index contributed by atoms with van der Waals surface area (Å²) in [5.74, 6) is 2.66. The van der Waals surface area contributed by atoms with E-state index in [-0.39, 0.29) is 41.6 Å². The number of aromatic nitrogens is 2. The number of halogens is 1. The molecule has 3 aromatic rings. The van der Waals surface area contributed by atoms with Gasteiger partial charge in [0.1, 0.15) is 12.4 Å². The van der Waals surface area contributed by atoms with Crippen LogP contribution in [0.4, 0.5) is 5.82 Å². The van der Waals surface area contributed by atoms with Gasteiger partial charge in [0.2, 0.25) is 18.6 Å². The number of hydrogen-bond acceptors (Lipinski definition) is 6. The zero-order valence-electron chi connectivity index (χ0n) is 23.9. The highest BCUT2D eigenvalue weighted by molar-refractivity contribution is 8.00. The lowest BCUT2D eigenvalue weighted by atomic mass is 9.87. The van der Waals surface area contributed by atoms with Crippen molar-refractivity contribution in [3.63, 3.8) is 0 Å². The smallest absolute Gasteiger partial charge is 0.242 e. The largest absolute Gasteiger partial charge is 0.454 e. The number of benzene rings is 2. The molecule has 0 bridgehead atoms. The molecule has 0 N–H and O–H groups in total. The zero-order valence-corrected chi connectivity index (χ0v) is 25.4. The van der Waals surface area contributed by atoms with Gasteiger partial charge in [-0.1, -0.05) is 51.4 Å². The third kappa shape index (κ3) is 5.42. The molecule has 4 heterocycles. The van der Waals surface area contributed by atoms with Gasteiger partial charge in [-0.3, -0.25) is 14.5 Å². The van der Waals surface area contributed by atoms with E-state index in [2.05, 4.69) is 27.7 Å². The molecular formula is C31H35ClN4O4S. The van der Waals surface area contributed by atoms with Crippen molar-refractivity contribution in [2.45, 2.75) is 51.2 Å². The summed E-state index contributed by atoms with van der Waals surface area (Å²) in [4.78, 5) is 31.2. The lowest BCUT2D eigenvalue weighted by Crippen LogP contribution is -2.46. The third-order valence-electron chi connectivity index (χ3n) is 7.98. The first-order valence-electron chi connectivity index (χ1n) is 14.1. The quantitative estimate of drug-likeness (QED) is 0.370. The van der Waals surface area contributed by atoms with E-state index in [0.717, 1.165) is 35.3 Å². The maximum absolute atomic E-state index is 13.9. The Kier molecular flexibility index (Phi) is 7.44. The molecule has 1 unspecified atom stereocenters. The Hall–Kier alpha value is -3.17. The highest BCUT2D eigenvalue weighted by atomic mass is 35.5. The third-order valence-corrected chi connectivity index (χ3v) is 9.47. The molecule has 1 fully saturated rings. The molecule has 2 aromatic carbocycles. The van der Waals surface area contributed by atoms with E-state index < -0.39 is 0 Å². The van der Waals surface area contributed by atoms with Gasteiger partial charge >= 0.3 is 0 Å². The van der Waals surface area contributed by atoms with E-state index in [1.165, 1.54) is 0 Å². The van der Waals surface area contributed by atoms with Crippen molar-refractivity contribution in [3.05, 3.63) is 64.3 Å². The summed E-state index contributed by atoms with van der Waals surface area (Å²) >= 11 is 7.99. The number of ether oxygens (including phenoxy) is 2. The van der Waals surface area contributed by atoms with Gasteiger partial charge in [-0.25, -0.2) is 4.68 Å². The standard InChI is InChI=1S/C31H35ClN4O4S/c1-19-10-12-34(13-11-19)25(37)16-35-26(38)17-41-28(20-8-9-23-24(14-20)40-18-39-23)27-29(31(2,3)4)33-36(30(27)35)22-7-5-6-21(32)15-22/h5-9,14-15,19,28H,10-13,16-18H2,1-4H3. The normalized spacial score (nSPS) is 19.3. The Balaban J connectivity index is 1.53. The molecule has 0 spiro atoms. The van der Waals surface area contributed by atoms with Crippen LogP contribution in [0.5, 0.6) is 11.5 Å². The predicted octanol–water partition coefficient (Wildman–Crippen LogP) is 5.98. The summed E-state index contributed by atoms with van der Waals surface area (Å²) in [5.41, 5.74) is 3.16. The van der Waals surface area contributed by atoms with Crippen molar-refractivity contribution in [2.24, 2.45) is 5.92 Å². The summed E-state index contributed by atoms with van der Waals surface area (Å²) in [7, 11) is 0. The van der Waals surface area contributed by atoms with Crippen molar-refractivity contribution in [2.75, 3.05) is 37.1 Å². The van der Waals surface area contributed by atoms with Crippen LogP contribution in [-0.4, -0.2) is 58.7 Å². The van der Waals surface area contributed by atoms with Gasteiger partial charge in [0.05, 0.1) is 22.4 Å². The van der Waals surface area contributed by atoms with Crippen LogP contribution in [0, 0.1) is 5.92 Å². The fourth-order valence-corrected chi connectivity index (χ4v) is 7.07. The van der Waals surface area contributed by atoms with Crippen LogP contribution in [0.25, 0.3) is 5.69 Å². The molecule has 0 aliphatic carbocycles. The Morgan fingerprint density at radius 1 is 1.10 bits per heavy atom. The molecule has 0 saturated carbocycles. The van der Waals surface area contributed by atoms with Gasteiger partial charge in [0.25, 0.3) is 0 Å². The van der Waals surface area contributed by atoms with Crippen LogP contribution in [0.1, 0.15) is 62.6 Å². The van der Waals surface area contributed by atoms with E-state index in [1.807, 2.05) is 47.4 Å². The number of hydrogen-bond donors (Lipinski definition) is 0. The van der Waals surface area contributed by atoms with Crippen molar-refractivity contribution in [1.29, 1.82) is 0 Å². The molecule has 1 atom stereocenters. The Labute approximate surface area is 249 Å². The highest BCUT2D eigenvalue weighted by Gasteiger charge is 2.41. The van der Waals surface area contributed by atoms with E-state index in [0.29, 0.717) is 41.3 Å². The number of anilines is 1.